The Morgan fingerprint density at radius 2 is 1.35 bits per heavy atom. The minimum Gasteiger partial charge on any atom is -0.743 e. The maximum atomic E-state index is 12.2. The maximum Gasteiger partial charge on any atom is 0.460 e. The molecule has 0 atom stereocenters. The second kappa shape index (κ2) is 9.16. The Bertz CT molecular complexity index is 970. The van der Waals surface area contributed by atoms with Crippen LogP contribution in [0.4, 0.5) is 39.5 Å². The van der Waals surface area contributed by atoms with Gasteiger partial charge in [0.2, 0.25) is 0 Å². The lowest BCUT2D eigenvalue weighted by atomic mass is 10.1. The highest BCUT2D eigenvalue weighted by Crippen LogP contribution is 2.54. The Labute approximate surface area is 173 Å². The number of hydrogen-bond acceptors (Lipinski definition) is 4. The molecule has 0 spiro atoms. The summed E-state index contributed by atoms with van der Waals surface area (Å²) in [5, 5.41) is -5.06. The quantitative estimate of drug-likeness (QED) is 0.245. The molecule has 0 N–H and O–H groups in total. The van der Waals surface area contributed by atoms with E-state index in [4.69, 9.17) is 0 Å². The summed E-state index contributed by atoms with van der Waals surface area (Å²) in [7, 11) is -7.42. The number of thiophene rings is 1. The number of carbonyl (C=O) groups excluding carboxylic acids is 1. The fraction of sp³-hybridized carbons (Fsp3) is 0.312. The van der Waals surface area contributed by atoms with Crippen molar-refractivity contribution in [2.24, 2.45) is 0 Å². The number of Topliss-reactive ketones (excluding diaryl/α,β-unsaturated/α-hetero) is 1. The topological polar surface area (TPSA) is 74.3 Å². The van der Waals surface area contributed by atoms with Crippen LogP contribution in [0.15, 0.2) is 47.8 Å². The van der Waals surface area contributed by atoms with Crippen molar-refractivity contribution in [2.45, 2.75) is 29.7 Å². The third-order valence-electron chi connectivity index (χ3n) is 3.48. The van der Waals surface area contributed by atoms with Crippen LogP contribution in [0.5, 0.6) is 0 Å². The summed E-state index contributed by atoms with van der Waals surface area (Å²) in [6.07, 6.45) is -6.62. The number of ketones is 1. The molecule has 1 aromatic carbocycles. The van der Waals surface area contributed by atoms with E-state index in [0.29, 0.717) is 6.42 Å². The first-order chi connectivity index (χ1) is 13.9. The highest BCUT2D eigenvalue weighted by Gasteiger charge is 2.83. The van der Waals surface area contributed by atoms with Crippen LogP contribution in [0.25, 0.3) is 0 Å². The summed E-state index contributed by atoms with van der Waals surface area (Å²) in [5.41, 5.74) is 0.801. The highest BCUT2D eigenvalue weighted by molar-refractivity contribution is 7.86. The van der Waals surface area contributed by atoms with Crippen LogP contribution in [0.3, 0.4) is 0 Å². The van der Waals surface area contributed by atoms with Crippen molar-refractivity contribution in [3.05, 3.63) is 58.3 Å². The predicted octanol–water partition coefficient (Wildman–Crippen LogP) is 4.86. The minimum absolute atomic E-state index is 0.202. The monoisotopic (exact) mass is 502 g/mol. The van der Waals surface area contributed by atoms with Gasteiger partial charge in [-0.3, -0.25) is 4.79 Å². The summed E-state index contributed by atoms with van der Waals surface area (Å²) < 4.78 is 135. The van der Waals surface area contributed by atoms with E-state index in [-0.39, 0.29) is 5.78 Å². The maximum absolute atomic E-state index is 12.2. The molecule has 0 fully saturated rings. The molecule has 0 saturated heterocycles. The van der Waals surface area contributed by atoms with E-state index in [1.54, 1.807) is 0 Å². The lowest BCUT2D eigenvalue weighted by molar-refractivity contribution is -0.382. The Morgan fingerprint density at radius 3 is 1.74 bits per heavy atom. The molecular formula is C16H11F9O4S2. The Balaban J connectivity index is 0.000000314. The molecule has 31 heavy (non-hydrogen) atoms. The van der Waals surface area contributed by atoms with Gasteiger partial charge >= 0.3 is 23.3 Å². The van der Waals surface area contributed by atoms with Gasteiger partial charge in [0.1, 0.15) is 5.38 Å². The Hall–Kier alpha value is -2.13. The molecule has 0 unspecified atom stereocenters. The number of benzene rings is 1. The number of rotatable bonds is 6. The van der Waals surface area contributed by atoms with Crippen molar-refractivity contribution in [1.82, 2.24) is 0 Å². The van der Waals surface area contributed by atoms with Crippen LogP contribution in [0, 0.1) is 0 Å². The molecule has 0 saturated carbocycles. The van der Waals surface area contributed by atoms with Gasteiger partial charge in [-0.15, -0.1) is 0 Å². The molecule has 0 radical (unpaired) electrons. The van der Waals surface area contributed by atoms with Crippen LogP contribution in [-0.2, 0) is 16.5 Å². The van der Waals surface area contributed by atoms with E-state index >= 15 is 0 Å². The molecule has 2 aromatic rings. The van der Waals surface area contributed by atoms with E-state index in [9.17, 15) is 57.3 Å². The molecular weight excluding hydrogens is 491 g/mol. The highest BCUT2D eigenvalue weighted by atomic mass is 32.2. The summed E-state index contributed by atoms with van der Waals surface area (Å²) in [6.45, 7) is 0. The molecule has 1 aromatic heterocycles. The van der Waals surface area contributed by atoms with Gasteiger partial charge in [0.05, 0.1) is 6.42 Å². The molecule has 15 heteroatoms. The summed E-state index contributed by atoms with van der Waals surface area (Å²) in [5.74, 6) is -14.6. The van der Waals surface area contributed by atoms with Crippen molar-refractivity contribution < 1.29 is 57.3 Å². The van der Waals surface area contributed by atoms with Gasteiger partial charge in [-0.25, -0.2) is 8.42 Å². The van der Waals surface area contributed by atoms with Gasteiger partial charge in [-0.2, -0.15) is 39.5 Å². The van der Waals surface area contributed by atoms with Gasteiger partial charge < -0.3 is 4.55 Å². The van der Waals surface area contributed by atoms with Gasteiger partial charge in [-0.1, -0.05) is 30.3 Å². The van der Waals surface area contributed by atoms with Crippen molar-refractivity contribution in [3.63, 3.8) is 0 Å². The molecule has 2 rings (SSSR count). The standard InChI is InChI=1S/C12H10OS.C4HF9O3S/c13-12(9-11-7-4-8-14-11)10-5-2-1-3-6-10;5-1(6,3(9,10)11)2(7,8)4(12,13)17(14,15)16/h1-8H,9H2;(H,14,15,16). The van der Waals surface area contributed by atoms with Gasteiger partial charge in [-0.05, 0) is 23.5 Å². The van der Waals surface area contributed by atoms with Crippen LogP contribution >= 0.6 is 11.3 Å². The van der Waals surface area contributed by atoms with Gasteiger partial charge in [0.15, 0.2) is 20.8 Å². The summed E-state index contributed by atoms with van der Waals surface area (Å²) in [4.78, 5) is 12.9. The number of halogens is 9. The zero-order chi connectivity index (χ0) is 24.3. The number of hydrogen-bond donors (Lipinski definition) is 0. The second-order valence-electron chi connectivity index (χ2n) is 5.71. The van der Waals surface area contributed by atoms with Crippen molar-refractivity contribution >= 4 is 27.2 Å². The van der Waals surface area contributed by atoms with Crippen LogP contribution < -0.4 is 0 Å². The lowest BCUT2D eigenvalue weighted by Gasteiger charge is -2.34. The lowest BCUT2D eigenvalue weighted by Crippen LogP contribution is -2.63. The number of alkyl halides is 9. The molecule has 174 valence electrons. The van der Waals surface area contributed by atoms with Crippen molar-refractivity contribution in [1.29, 1.82) is 0 Å². The van der Waals surface area contributed by atoms with E-state index < -0.39 is 33.4 Å². The van der Waals surface area contributed by atoms with Crippen LogP contribution in [0.2, 0.25) is 0 Å². The number of carbonyl (C=O) groups is 1. The summed E-state index contributed by atoms with van der Waals surface area (Å²) in [6, 6.07) is 13.5. The first kappa shape index (κ1) is 26.9. The molecule has 0 bridgehead atoms. The van der Waals surface area contributed by atoms with E-state index in [2.05, 4.69) is 0 Å². The normalized spacial score (nSPS) is 13.4. The van der Waals surface area contributed by atoms with Gasteiger partial charge in [0, 0.05) is 5.56 Å². The van der Waals surface area contributed by atoms with E-state index in [1.165, 1.54) is 4.88 Å². The van der Waals surface area contributed by atoms with Gasteiger partial charge in [0.25, 0.3) is 0 Å². The first-order valence-electron chi connectivity index (χ1n) is 7.66. The molecule has 0 amide bonds. The van der Waals surface area contributed by atoms with Crippen LogP contribution in [0.1, 0.15) is 15.2 Å². The fourth-order valence-electron chi connectivity index (χ4n) is 1.85. The average Bonchev–Trinajstić information content (AvgIpc) is 3.13. The molecule has 0 aliphatic heterocycles. The molecule has 0 aliphatic rings. The molecule has 1 heterocycles. The summed E-state index contributed by atoms with van der Waals surface area (Å²) >= 11 is 1.16. The third kappa shape index (κ3) is 5.77. The Morgan fingerprint density at radius 1 is 0.839 bits per heavy atom. The zero-order valence-electron chi connectivity index (χ0n) is 14.7. The second-order valence-corrected chi connectivity index (χ2v) is 8.26. The predicted molar refractivity (Wildman–Crippen MR) is 90.8 cm³/mol. The van der Waals surface area contributed by atoms with Crippen molar-refractivity contribution in [2.75, 3.05) is 0 Å². The van der Waals surface area contributed by atoms with E-state index in [1.807, 2.05) is 47.8 Å². The third-order valence-corrected chi connectivity index (χ3v) is 5.33. The first-order valence-corrected chi connectivity index (χ1v) is 10.0. The molecule has 4 nitrogen and oxygen atoms in total. The van der Waals surface area contributed by atoms with E-state index in [0.717, 1.165) is 16.9 Å². The largest absolute Gasteiger partial charge is 0.743 e. The van der Waals surface area contributed by atoms with Crippen molar-refractivity contribution in [3.8, 4) is 0 Å². The smallest absolute Gasteiger partial charge is 0.460 e. The Kier molecular flexibility index (Phi) is 7.95. The van der Waals surface area contributed by atoms with Crippen LogP contribution in [-0.4, -0.2) is 42.0 Å². The molecule has 0 aliphatic carbocycles. The average molecular weight is 502 g/mol. The zero-order valence-corrected chi connectivity index (χ0v) is 16.4. The fourth-order valence-corrected chi connectivity index (χ4v) is 3.06. The minimum atomic E-state index is -7.43. The SMILES string of the molecule is O=C(Cc1ccc[sH+]1)c1ccccc1.O=S(=O)([O-])C(F)(F)C(F)(F)C(F)(F)C(F)(F)F.